The summed E-state index contributed by atoms with van der Waals surface area (Å²) in [7, 11) is -3.84. The summed E-state index contributed by atoms with van der Waals surface area (Å²) in [4.78, 5) is 0. The molecule has 0 rings (SSSR count). The third-order valence-electron chi connectivity index (χ3n) is 0.861. The van der Waals surface area contributed by atoms with Gasteiger partial charge >= 0.3 is 5.51 Å². The summed E-state index contributed by atoms with van der Waals surface area (Å²) in [5, 5.41) is 0. The van der Waals surface area contributed by atoms with Gasteiger partial charge in [0, 0.05) is 0 Å². The third-order valence-corrected chi connectivity index (χ3v) is 1.43. The fourth-order valence-corrected chi connectivity index (χ4v) is 0.289. The number of alkyl halides is 3. The van der Waals surface area contributed by atoms with Gasteiger partial charge in [0.15, 0.2) is 10.1 Å². The molecule has 0 aromatic carbocycles. The predicted octanol–water partition coefficient (Wildman–Crippen LogP) is 1.62. The van der Waals surface area contributed by atoms with E-state index in [1.165, 1.54) is 12.6 Å². The smallest absolute Gasteiger partial charge is 0.485 e. The van der Waals surface area contributed by atoms with Gasteiger partial charge < -0.3 is 4.55 Å². The second-order valence-corrected chi connectivity index (χ2v) is 3.38. The van der Waals surface area contributed by atoms with Gasteiger partial charge in [0.05, 0.1) is 0 Å². The predicted molar refractivity (Wildman–Crippen MR) is 42.5 cm³/mol. The molecule has 79 valence electrons. The van der Waals surface area contributed by atoms with Crippen LogP contribution in [0.25, 0.3) is 0 Å². The van der Waals surface area contributed by atoms with Crippen LogP contribution in [0.4, 0.5) is 13.2 Å². The summed E-state index contributed by atoms with van der Waals surface area (Å²) < 4.78 is 58.9. The highest BCUT2D eigenvalue weighted by Crippen LogP contribution is 2.20. The van der Waals surface area contributed by atoms with Crippen molar-refractivity contribution in [1.82, 2.24) is 0 Å². The molecular formula is C5H10BF3O3S-. The molecular weight excluding hydrogens is 208 g/mol. The number of halogens is 3. The van der Waals surface area contributed by atoms with Gasteiger partial charge in [-0.1, -0.05) is 26.5 Å². The van der Waals surface area contributed by atoms with Crippen LogP contribution in [-0.2, 0) is 10.1 Å². The van der Waals surface area contributed by atoms with Gasteiger partial charge in [-0.05, 0) is 0 Å². The molecule has 0 aliphatic carbocycles. The highest BCUT2D eigenvalue weighted by Gasteiger charge is 2.36. The molecule has 13 heavy (non-hydrogen) atoms. The highest BCUT2D eigenvalue weighted by atomic mass is 32.2. The lowest BCUT2D eigenvalue weighted by Crippen LogP contribution is -2.21. The van der Waals surface area contributed by atoms with Crippen molar-refractivity contribution >= 4 is 17.4 Å². The first-order valence-electron chi connectivity index (χ1n) is 3.50. The second kappa shape index (κ2) is 6.25. The molecule has 0 spiro atoms. The Morgan fingerprint density at radius 1 is 1.23 bits per heavy atom. The quantitative estimate of drug-likeness (QED) is 0.402. The molecule has 0 aliphatic rings. The zero-order chi connectivity index (χ0) is 11.1. The Balaban J connectivity index is 0. The van der Waals surface area contributed by atoms with Crippen LogP contribution in [0, 0.1) is 0 Å². The highest BCUT2D eigenvalue weighted by molar-refractivity contribution is 7.86. The maximum atomic E-state index is 10.7. The fourth-order valence-electron chi connectivity index (χ4n) is 0.289. The van der Waals surface area contributed by atoms with Gasteiger partial charge in [-0.25, -0.2) is 8.42 Å². The standard InChI is InChI=1S/C4H10B.CHF3O3S/c1-3-5-4-2;2-1(3,4)8(5,6)7/h3-4H2,1-2H3;(H,5,6,7)/p-1. The summed E-state index contributed by atoms with van der Waals surface area (Å²) in [6.45, 7) is 4.31. The van der Waals surface area contributed by atoms with Crippen molar-refractivity contribution in [2.24, 2.45) is 0 Å². The van der Waals surface area contributed by atoms with Crippen molar-refractivity contribution in [2.75, 3.05) is 0 Å². The lowest BCUT2D eigenvalue weighted by molar-refractivity contribution is -0.0517. The molecule has 0 bridgehead atoms. The van der Waals surface area contributed by atoms with Crippen molar-refractivity contribution < 1.29 is 26.1 Å². The van der Waals surface area contributed by atoms with Crippen LogP contribution in [-0.4, -0.2) is 25.8 Å². The van der Waals surface area contributed by atoms with Crippen LogP contribution in [0.2, 0.25) is 12.6 Å². The van der Waals surface area contributed by atoms with E-state index >= 15 is 0 Å². The minimum Gasteiger partial charge on any atom is -0.741 e. The fraction of sp³-hybridized carbons (Fsp3) is 1.00. The average molecular weight is 218 g/mol. The number of hydrogen-bond donors (Lipinski definition) is 0. The largest absolute Gasteiger partial charge is 0.741 e. The van der Waals surface area contributed by atoms with Crippen LogP contribution >= 0.6 is 0 Å². The second-order valence-electron chi connectivity index (χ2n) is 2.01. The number of hydrogen-bond acceptors (Lipinski definition) is 3. The first-order chi connectivity index (χ1) is 5.66. The van der Waals surface area contributed by atoms with E-state index in [4.69, 9.17) is 13.0 Å². The molecule has 0 unspecified atom stereocenters. The van der Waals surface area contributed by atoms with Crippen molar-refractivity contribution in [3.8, 4) is 0 Å². The van der Waals surface area contributed by atoms with Crippen molar-refractivity contribution in [3.63, 3.8) is 0 Å². The monoisotopic (exact) mass is 218 g/mol. The zero-order valence-corrected chi connectivity index (χ0v) is 8.07. The first-order valence-corrected chi connectivity index (χ1v) is 4.91. The Morgan fingerprint density at radius 2 is 1.46 bits per heavy atom. The molecule has 0 N–H and O–H groups in total. The van der Waals surface area contributed by atoms with Gasteiger partial charge in [-0.2, -0.15) is 13.2 Å². The molecule has 3 nitrogen and oxygen atoms in total. The van der Waals surface area contributed by atoms with Gasteiger partial charge in [-0.3, -0.25) is 0 Å². The van der Waals surface area contributed by atoms with Crippen LogP contribution < -0.4 is 0 Å². The van der Waals surface area contributed by atoms with Crippen molar-refractivity contribution in [3.05, 3.63) is 0 Å². The maximum absolute atomic E-state index is 10.7. The van der Waals surface area contributed by atoms with Crippen molar-refractivity contribution in [2.45, 2.75) is 32.0 Å². The van der Waals surface area contributed by atoms with Crippen LogP contribution in [0.1, 0.15) is 13.8 Å². The van der Waals surface area contributed by atoms with Crippen LogP contribution in [0.5, 0.6) is 0 Å². The van der Waals surface area contributed by atoms with Gasteiger partial charge in [0.25, 0.3) is 0 Å². The molecule has 0 heterocycles. The Hall–Kier alpha value is -0.235. The molecule has 1 radical (unpaired) electrons. The Bertz CT molecular complexity index is 210. The topological polar surface area (TPSA) is 57.2 Å². The minimum absolute atomic E-state index is 1.22. The molecule has 0 saturated heterocycles. The van der Waals surface area contributed by atoms with Gasteiger partial charge in [-0.15, -0.1) is 0 Å². The normalized spacial score (nSPS) is 11.5. The summed E-state index contributed by atoms with van der Waals surface area (Å²) in [6.07, 6.45) is 2.44. The van der Waals surface area contributed by atoms with Crippen molar-refractivity contribution in [1.29, 1.82) is 0 Å². The lowest BCUT2D eigenvalue weighted by Gasteiger charge is -2.08. The Kier molecular flexibility index (Phi) is 7.33. The first kappa shape index (κ1) is 15.2. The van der Waals surface area contributed by atoms with Gasteiger partial charge in [0.1, 0.15) is 7.28 Å². The third kappa shape index (κ3) is 9.68. The Morgan fingerprint density at radius 3 is 1.46 bits per heavy atom. The van der Waals surface area contributed by atoms with E-state index in [1.807, 2.05) is 0 Å². The van der Waals surface area contributed by atoms with Gasteiger partial charge in [0.2, 0.25) is 0 Å². The molecule has 0 aromatic heterocycles. The van der Waals surface area contributed by atoms with E-state index in [1.54, 1.807) is 0 Å². The lowest BCUT2D eigenvalue weighted by atomic mass is 9.73. The van der Waals surface area contributed by atoms with E-state index in [-0.39, 0.29) is 0 Å². The zero-order valence-electron chi connectivity index (χ0n) is 7.26. The van der Waals surface area contributed by atoms with E-state index in [2.05, 4.69) is 21.1 Å². The summed E-state index contributed by atoms with van der Waals surface area (Å²) in [5.41, 5.74) is -5.65. The summed E-state index contributed by atoms with van der Waals surface area (Å²) >= 11 is 0. The summed E-state index contributed by atoms with van der Waals surface area (Å²) in [5.74, 6) is 0. The molecule has 0 saturated carbocycles. The van der Waals surface area contributed by atoms with E-state index < -0.39 is 15.6 Å². The molecule has 0 atom stereocenters. The molecule has 0 aromatic rings. The average Bonchev–Trinajstić information content (AvgIpc) is 1.85. The molecule has 0 fully saturated rings. The van der Waals surface area contributed by atoms with E-state index in [0.29, 0.717) is 0 Å². The minimum atomic E-state index is -6.09. The molecule has 0 aliphatic heterocycles. The SMILES string of the molecule is CC[B]CC.O=S(=O)([O-])C(F)(F)F. The molecule has 8 heteroatoms. The summed E-state index contributed by atoms with van der Waals surface area (Å²) in [6, 6.07) is 0. The van der Waals surface area contributed by atoms with Crippen LogP contribution in [0.3, 0.4) is 0 Å². The van der Waals surface area contributed by atoms with E-state index in [0.717, 1.165) is 0 Å². The molecule has 0 amide bonds. The van der Waals surface area contributed by atoms with E-state index in [9.17, 15) is 13.2 Å². The van der Waals surface area contributed by atoms with Crippen LogP contribution in [0.15, 0.2) is 0 Å². The number of rotatable bonds is 2. The Labute approximate surface area is 76.3 Å². The maximum Gasteiger partial charge on any atom is 0.485 e.